The lowest BCUT2D eigenvalue weighted by atomic mass is 9.97. The number of hydrogen-bond donors (Lipinski definition) is 3. The minimum atomic E-state index is -0.447. The van der Waals surface area contributed by atoms with Gasteiger partial charge in [0.25, 0.3) is 0 Å². The van der Waals surface area contributed by atoms with Crippen LogP contribution in [-0.4, -0.2) is 54.2 Å². The van der Waals surface area contributed by atoms with Crippen LogP contribution in [0, 0.1) is 6.92 Å². The standard InChI is InChI=1S/C28H29ClN6O3/c1-17-13-20(18-3-4-22(21(29)14-18)35-12-11-33(2)27(35)38)26(37)25(31-17)19-6-9-30-23(15-19)34-10-8-28(16-34)7-5-24(36)32-28/h3-4,6,9,11-15,24,32,36-37H,5,7-8,10,16H2,1-2H3. The Labute approximate surface area is 225 Å². The van der Waals surface area contributed by atoms with Crippen LogP contribution in [0.15, 0.2) is 59.8 Å². The Bertz CT molecular complexity index is 1600. The average Bonchev–Trinajstić information content (AvgIpc) is 3.59. The number of aryl methyl sites for hydroxylation is 2. The first-order valence-corrected chi connectivity index (χ1v) is 13.0. The van der Waals surface area contributed by atoms with Gasteiger partial charge < -0.3 is 19.7 Å². The van der Waals surface area contributed by atoms with Crippen molar-refractivity contribution in [3.05, 3.63) is 76.2 Å². The number of benzene rings is 1. The molecule has 0 aliphatic carbocycles. The second-order valence-electron chi connectivity index (χ2n) is 10.3. The van der Waals surface area contributed by atoms with E-state index in [4.69, 9.17) is 11.6 Å². The first kappa shape index (κ1) is 24.7. The largest absolute Gasteiger partial charge is 0.505 e. The number of nitrogens with one attached hydrogen (secondary N) is 1. The van der Waals surface area contributed by atoms with Crippen LogP contribution >= 0.6 is 11.6 Å². The maximum Gasteiger partial charge on any atom is 0.332 e. The Kier molecular flexibility index (Phi) is 6.02. The van der Waals surface area contributed by atoms with Crippen LogP contribution in [-0.2, 0) is 7.05 Å². The molecule has 38 heavy (non-hydrogen) atoms. The Hall–Kier alpha value is -3.66. The third-order valence-electron chi connectivity index (χ3n) is 7.65. The fourth-order valence-electron chi connectivity index (χ4n) is 5.64. The molecule has 9 nitrogen and oxygen atoms in total. The number of aromatic nitrogens is 4. The number of hydrogen-bond acceptors (Lipinski definition) is 7. The summed E-state index contributed by atoms with van der Waals surface area (Å²) in [5, 5.41) is 25.1. The number of aliphatic hydroxyl groups is 1. The topological polar surface area (TPSA) is 108 Å². The normalized spacial score (nSPS) is 21.1. The van der Waals surface area contributed by atoms with Crippen molar-refractivity contribution in [3.63, 3.8) is 0 Å². The van der Waals surface area contributed by atoms with Gasteiger partial charge in [0.1, 0.15) is 23.5 Å². The molecule has 1 spiro atoms. The first-order valence-electron chi connectivity index (χ1n) is 12.7. The number of halogens is 1. The Morgan fingerprint density at radius 1 is 1.13 bits per heavy atom. The zero-order chi connectivity index (χ0) is 26.6. The fraction of sp³-hybridized carbons (Fsp3) is 0.321. The van der Waals surface area contributed by atoms with Gasteiger partial charge in [-0.25, -0.2) is 14.8 Å². The van der Waals surface area contributed by atoms with Crippen LogP contribution in [0.25, 0.3) is 28.1 Å². The van der Waals surface area contributed by atoms with Gasteiger partial charge in [-0.3, -0.25) is 9.88 Å². The Morgan fingerprint density at radius 2 is 1.97 bits per heavy atom. The van der Waals surface area contributed by atoms with Gasteiger partial charge in [-0.05, 0) is 62.1 Å². The van der Waals surface area contributed by atoms with E-state index in [0.717, 1.165) is 49.4 Å². The van der Waals surface area contributed by atoms with Crippen molar-refractivity contribution in [2.45, 2.75) is 38.0 Å². The van der Waals surface area contributed by atoms with Gasteiger partial charge in [-0.15, -0.1) is 0 Å². The van der Waals surface area contributed by atoms with Crippen molar-refractivity contribution in [3.8, 4) is 33.8 Å². The number of aliphatic hydroxyl groups excluding tert-OH is 1. The number of rotatable bonds is 4. The first-order chi connectivity index (χ1) is 18.2. The zero-order valence-corrected chi connectivity index (χ0v) is 22.0. The molecule has 2 atom stereocenters. The van der Waals surface area contributed by atoms with Crippen molar-refractivity contribution in [1.82, 2.24) is 24.4 Å². The van der Waals surface area contributed by atoms with Crippen molar-refractivity contribution >= 4 is 17.4 Å². The molecule has 2 aliphatic rings. The van der Waals surface area contributed by atoms with Gasteiger partial charge in [-0.1, -0.05) is 17.7 Å². The number of imidazole rings is 1. The monoisotopic (exact) mass is 532 g/mol. The lowest BCUT2D eigenvalue weighted by Crippen LogP contribution is -2.45. The molecule has 3 aromatic heterocycles. The van der Waals surface area contributed by atoms with E-state index in [-0.39, 0.29) is 17.0 Å². The summed E-state index contributed by atoms with van der Waals surface area (Å²) in [7, 11) is 1.68. The van der Waals surface area contributed by atoms with E-state index in [0.29, 0.717) is 27.5 Å². The lowest BCUT2D eigenvalue weighted by Gasteiger charge is -2.25. The van der Waals surface area contributed by atoms with E-state index < -0.39 is 6.23 Å². The molecule has 3 N–H and O–H groups in total. The van der Waals surface area contributed by atoms with Gasteiger partial charge in [0.15, 0.2) is 0 Å². The van der Waals surface area contributed by atoms with Gasteiger partial charge in [0.2, 0.25) is 0 Å². The molecule has 10 heteroatoms. The van der Waals surface area contributed by atoms with Crippen LogP contribution in [0.2, 0.25) is 5.02 Å². The predicted molar refractivity (Wildman–Crippen MR) is 147 cm³/mol. The fourth-order valence-corrected chi connectivity index (χ4v) is 5.92. The van der Waals surface area contributed by atoms with E-state index in [1.807, 2.05) is 31.2 Å². The summed E-state index contributed by atoms with van der Waals surface area (Å²) in [6.45, 7) is 3.49. The third kappa shape index (κ3) is 4.26. The lowest BCUT2D eigenvalue weighted by molar-refractivity contribution is 0.143. The molecular formula is C28H29ClN6O3. The predicted octanol–water partition coefficient (Wildman–Crippen LogP) is 3.62. The minimum absolute atomic E-state index is 0.0481. The van der Waals surface area contributed by atoms with Crippen LogP contribution < -0.4 is 15.9 Å². The number of pyridine rings is 2. The van der Waals surface area contributed by atoms with Crippen molar-refractivity contribution < 1.29 is 10.2 Å². The summed E-state index contributed by atoms with van der Waals surface area (Å²) in [5.74, 6) is 0.861. The molecule has 0 bridgehead atoms. The molecule has 5 heterocycles. The summed E-state index contributed by atoms with van der Waals surface area (Å²) < 4.78 is 2.96. The highest BCUT2D eigenvalue weighted by molar-refractivity contribution is 6.32. The Balaban J connectivity index is 1.34. The minimum Gasteiger partial charge on any atom is -0.505 e. The third-order valence-corrected chi connectivity index (χ3v) is 7.95. The molecule has 2 fully saturated rings. The van der Waals surface area contributed by atoms with Crippen LogP contribution in [0.3, 0.4) is 0 Å². The number of anilines is 1. The molecule has 196 valence electrons. The summed E-state index contributed by atoms with van der Waals surface area (Å²) in [4.78, 5) is 23.8. The molecule has 0 amide bonds. The highest BCUT2D eigenvalue weighted by Gasteiger charge is 2.43. The average molecular weight is 533 g/mol. The highest BCUT2D eigenvalue weighted by Crippen LogP contribution is 2.40. The van der Waals surface area contributed by atoms with Gasteiger partial charge in [0.05, 0.1) is 10.7 Å². The van der Waals surface area contributed by atoms with Crippen molar-refractivity contribution in [1.29, 1.82) is 0 Å². The van der Waals surface area contributed by atoms with Crippen molar-refractivity contribution in [2.24, 2.45) is 7.05 Å². The summed E-state index contributed by atoms with van der Waals surface area (Å²) >= 11 is 6.60. The highest BCUT2D eigenvalue weighted by atomic mass is 35.5. The summed E-state index contributed by atoms with van der Waals surface area (Å²) in [5.41, 5.74) is 3.58. The molecule has 2 aliphatic heterocycles. The molecule has 1 aromatic carbocycles. The van der Waals surface area contributed by atoms with Crippen LogP contribution in [0.4, 0.5) is 5.82 Å². The number of aromatic hydroxyl groups is 1. The molecule has 2 saturated heterocycles. The molecule has 0 saturated carbocycles. The van der Waals surface area contributed by atoms with E-state index >= 15 is 0 Å². The summed E-state index contributed by atoms with van der Waals surface area (Å²) in [6, 6.07) is 11.0. The van der Waals surface area contributed by atoms with Crippen LogP contribution in [0.5, 0.6) is 5.75 Å². The smallest absolute Gasteiger partial charge is 0.332 e. The second kappa shape index (κ2) is 9.27. The molecule has 2 unspecified atom stereocenters. The molecular weight excluding hydrogens is 504 g/mol. The Morgan fingerprint density at radius 3 is 2.68 bits per heavy atom. The maximum absolute atomic E-state index is 12.4. The van der Waals surface area contributed by atoms with Gasteiger partial charge in [0, 0.05) is 61.1 Å². The SMILES string of the molecule is Cc1cc(-c2ccc(-n3ccn(C)c3=O)c(Cl)c2)c(O)c(-c2ccnc(N3CCC4(CCC(O)N4)C3)c2)n1. The van der Waals surface area contributed by atoms with Gasteiger partial charge >= 0.3 is 5.69 Å². The van der Waals surface area contributed by atoms with E-state index in [1.165, 1.54) is 9.13 Å². The quantitative estimate of drug-likeness (QED) is 0.368. The van der Waals surface area contributed by atoms with Gasteiger partial charge in [-0.2, -0.15) is 0 Å². The van der Waals surface area contributed by atoms with E-state index in [9.17, 15) is 15.0 Å². The van der Waals surface area contributed by atoms with Crippen molar-refractivity contribution in [2.75, 3.05) is 18.0 Å². The molecule has 0 radical (unpaired) electrons. The maximum atomic E-state index is 12.4. The molecule has 6 rings (SSSR count). The number of nitrogens with zero attached hydrogens (tertiary/aromatic N) is 5. The van der Waals surface area contributed by atoms with E-state index in [2.05, 4.69) is 20.2 Å². The van der Waals surface area contributed by atoms with E-state index in [1.54, 1.807) is 37.8 Å². The summed E-state index contributed by atoms with van der Waals surface area (Å²) in [6.07, 6.45) is 7.28. The van der Waals surface area contributed by atoms with Crippen LogP contribution in [0.1, 0.15) is 25.0 Å². The molecule has 4 aromatic rings. The second-order valence-corrected chi connectivity index (χ2v) is 10.7. The zero-order valence-electron chi connectivity index (χ0n) is 21.2.